The van der Waals surface area contributed by atoms with Crippen molar-refractivity contribution in [1.29, 1.82) is 0 Å². The van der Waals surface area contributed by atoms with Gasteiger partial charge >= 0.3 is 17.9 Å². The van der Waals surface area contributed by atoms with Gasteiger partial charge in [-0.1, -0.05) is 30.4 Å². The van der Waals surface area contributed by atoms with E-state index in [1.165, 1.54) is 24.3 Å². The lowest BCUT2D eigenvalue weighted by atomic mass is 10.0. The van der Waals surface area contributed by atoms with E-state index in [2.05, 4.69) is 4.74 Å². The van der Waals surface area contributed by atoms with E-state index in [-0.39, 0.29) is 22.3 Å². The molecular formula is C18H10O6. The van der Waals surface area contributed by atoms with Crippen molar-refractivity contribution >= 4 is 36.3 Å². The molecule has 0 atom stereocenters. The van der Waals surface area contributed by atoms with Gasteiger partial charge in [0, 0.05) is 5.56 Å². The van der Waals surface area contributed by atoms with Gasteiger partial charge in [0.05, 0.1) is 16.7 Å². The minimum absolute atomic E-state index is 0.0877. The minimum Gasteiger partial charge on any atom is -0.478 e. The maximum absolute atomic E-state index is 11.5. The lowest BCUT2D eigenvalue weighted by Gasteiger charge is -2.01. The van der Waals surface area contributed by atoms with E-state index in [0.29, 0.717) is 17.4 Å². The number of esters is 2. The molecule has 1 aliphatic heterocycles. The van der Waals surface area contributed by atoms with Crippen molar-refractivity contribution in [2.24, 2.45) is 0 Å². The molecule has 0 unspecified atom stereocenters. The van der Waals surface area contributed by atoms with Crippen molar-refractivity contribution in [3.63, 3.8) is 0 Å². The van der Waals surface area contributed by atoms with Gasteiger partial charge in [-0.05, 0) is 29.3 Å². The number of cyclic esters (lactones) is 2. The highest BCUT2D eigenvalue weighted by atomic mass is 16.6. The van der Waals surface area contributed by atoms with Gasteiger partial charge in [-0.2, -0.15) is 0 Å². The van der Waals surface area contributed by atoms with E-state index in [0.717, 1.165) is 0 Å². The fourth-order valence-corrected chi connectivity index (χ4v) is 2.36. The van der Waals surface area contributed by atoms with Gasteiger partial charge in [-0.15, -0.1) is 0 Å². The topological polar surface area (TPSA) is 97.7 Å². The summed E-state index contributed by atoms with van der Waals surface area (Å²) in [5.41, 5.74) is 1.66. The standard InChI is InChI=1S/C18H10O6/c19-9-12-5-3-10(7-14(12)16(20)21)1-2-11-4-6-13-15(8-11)18(23)24-17(13)22/h1-9H,(H,20,21)/b2-1-. The Kier molecular flexibility index (Phi) is 3.79. The molecule has 3 rings (SSSR count). The Balaban J connectivity index is 1.92. The molecule has 118 valence electrons. The lowest BCUT2D eigenvalue weighted by Crippen LogP contribution is -2.01. The molecule has 0 saturated heterocycles. The average Bonchev–Trinajstić information content (AvgIpc) is 2.86. The van der Waals surface area contributed by atoms with Crippen molar-refractivity contribution in [2.75, 3.05) is 0 Å². The summed E-state index contributed by atoms with van der Waals surface area (Å²) < 4.78 is 4.52. The summed E-state index contributed by atoms with van der Waals surface area (Å²) in [7, 11) is 0. The van der Waals surface area contributed by atoms with Gasteiger partial charge in [0.25, 0.3) is 0 Å². The SMILES string of the molecule is O=Cc1ccc(/C=C\c2ccc3c(c2)C(=O)OC3=O)cc1C(=O)O. The molecule has 2 aromatic rings. The third kappa shape index (κ3) is 2.72. The van der Waals surface area contributed by atoms with Crippen LogP contribution in [0.1, 0.15) is 52.6 Å². The summed E-state index contributed by atoms with van der Waals surface area (Å²) in [6, 6.07) is 9.09. The monoisotopic (exact) mass is 322 g/mol. The first-order valence-corrected chi connectivity index (χ1v) is 6.91. The second kappa shape index (κ2) is 5.92. The molecule has 6 nitrogen and oxygen atoms in total. The number of carboxylic acid groups (broad SMARTS) is 1. The number of hydrogen-bond acceptors (Lipinski definition) is 5. The second-order valence-corrected chi connectivity index (χ2v) is 5.09. The largest absolute Gasteiger partial charge is 0.478 e. The van der Waals surface area contributed by atoms with E-state index >= 15 is 0 Å². The zero-order valence-electron chi connectivity index (χ0n) is 12.2. The number of carbonyl (C=O) groups is 4. The second-order valence-electron chi connectivity index (χ2n) is 5.09. The summed E-state index contributed by atoms with van der Waals surface area (Å²) in [5, 5.41) is 9.10. The van der Waals surface area contributed by atoms with Crippen LogP contribution in [-0.2, 0) is 4.74 Å². The predicted molar refractivity (Wildman–Crippen MR) is 83.9 cm³/mol. The van der Waals surface area contributed by atoms with Crippen molar-refractivity contribution in [3.05, 3.63) is 69.8 Å². The molecule has 0 aliphatic carbocycles. The van der Waals surface area contributed by atoms with Crippen LogP contribution in [0.15, 0.2) is 36.4 Å². The number of ether oxygens (including phenoxy) is 1. The molecule has 0 bridgehead atoms. The van der Waals surface area contributed by atoms with E-state index in [4.69, 9.17) is 5.11 Å². The maximum Gasteiger partial charge on any atom is 0.346 e. The summed E-state index contributed by atoms with van der Waals surface area (Å²) >= 11 is 0. The quantitative estimate of drug-likeness (QED) is 0.402. The highest BCUT2D eigenvalue weighted by molar-refractivity contribution is 6.15. The Labute approximate surface area is 136 Å². The van der Waals surface area contributed by atoms with Crippen molar-refractivity contribution < 1.29 is 29.0 Å². The Morgan fingerprint density at radius 3 is 2.21 bits per heavy atom. The van der Waals surface area contributed by atoms with Gasteiger partial charge < -0.3 is 9.84 Å². The van der Waals surface area contributed by atoms with Crippen LogP contribution in [0.5, 0.6) is 0 Å². The molecule has 1 N–H and O–H groups in total. The number of aldehydes is 1. The first kappa shape index (κ1) is 15.4. The minimum atomic E-state index is -1.19. The number of hydrogen-bond donors (Lipinski definition) is 1. The van der Waals surface area contributed by atoms with E-state index in [1.807, 2.05) is 0 Å². The smallest absolute Gasteiger partial charge is 0.346 e. The van der Waals surface area contributed by atoms with Crippen LogP contribution in [0, 0.1) is 0 Å². The molecule has 0 spiro atoms. The van der Waals surface area contributed by atoms with Crippen LogP contribution in [0.4, 0.5) is 0 Å². The summed E-state index contributed by atoms with van der Waals surface area (Å²) in [4.78, 5) is 44.9. The Hall–Kier alpha value is -3.54. The van der Waals surface area contributed by atoms with Gasteiger partial charge in [0.15, 0.2) is 6.29 Å². The van der Waals surface area contributed by atoms with Crippen LogP contribution in [0.25, 0.3) is 12.2 Å². The van der Waals surface area contributed by atoms with E-state index in [9.17, 15) is 19.2 Å². The molecular weight excluding hydrogens is 312 g/mol. The highest BCUT2D eigenvalue weighted by Gasteiger charge is 2.29. The van der Waals surface area contributed by atoms with Crippen LogP contribution in [0.2, 0.25) is 0 Å². The third-order valence-corrected chi connectivity index (χ3v) is 3.57. The Morgan fingerprint density at radius 2 is 1.54 bits per heavy atom. The predicted octanol–water partition coefficient (Wildman–Crippen LogP) is 2.68. The maximum atomic E-state index is 11.5. The number of fused-ring (bicyclic) bond motifs is 1. The van der Waals surface area contributed by atoms with Gasteiger partial charge in [0.2, 0.25) is 0 Å². The molecule has 1 aliphatic rings. The first-order chi connectivity index (χ1) is 11.5. The molecule has 1 heterocycles. The Bertz CT molecular complexity index is 910. The van der Waals surface area contributed by atoms with Gasteiger partial charge in [-0.3, -0.25) is 4.79 Å². The van der Waals surface area contributed by atoms with Crippen LogP contribution in [0.3, 0.4) is 0 Å². The third-order valence-electron chi connectivity index (χ3n) is 3.57. The summed E-state index contributed by atoms with van der Waals surface area (Å²) in [5.74, 6) is -2.54. The Morgan fingerprint density at radius 1 is 0.917 bits per heavy atom. The molecule has 0 aromatic heterocycles. The van der Waals surface area contributed by atoms with Crippen molar-refractivity contribution in [2.45, 2.75) is 0 Å². The van der Waals surface area contributed by atoms with Crippen LogP contribution in [-0.4, -0.2) is 29.3 Å². The highest BCUT2D eigenvalue weighted by Crippen LogP contribution is 2.22. The lowest BCUT2D eigenvalue weighted by molar-refractivity contribution is 0.0443. The molecule has 0 radical (unpaired) electrons. The van der Waals surface area contributed by atoms with Crippen molar-refractivity contribution in [1.82, 2.24) is 0 Å². The number of aromatic carboxylic acids is 1. The van der Waals surface area contributed by atoms with Crippen LogP contribution >= 0.6 is 0 Å². The van der Waals surface area contributed by atoms with E-state index in [1.54, 1.807) is 24.3 Å². The molecule has 2 aromatic carbocycles. The van der Waals surface area contributed by atoms with Gasteiger partial charge in [-0.25, -0.2) is 14.4 Å². The molecule has 0 amide bonds. The fraction of sp³-hybridized carbons (Fsp3) is 0. The van der Waals surface area contributed by atoms with E-state index < -0.39 is 17.9 Å². The van der Waals surface area contributed by atoms with Gasteiger partial charge in [0.1, 0.15) is 0 Å². The zero-order valence-corrected chi connectivity index (χ0v) is 12.2. The van der Waals surface area contributed by atoms with Crippen molar-refractivity contribution in [3.8, 4) is 0 Å². The molecule has 0 saturated carbocycles. The summed E-state index contributed by atoms with van der Waals surface area (Å²) in [6.07, 6.45) is 3.79. The number of carbonyl (C=O) groups excluding carboxylic acids is 3. The normalized spacial score (nSPS) is 13.0. The fourth-order valence-electron chi connectivity index (χ4n) is 2.36. The average molecular weight is 322 g/mol. The van der Waals surface area contributed by atoms with Crippen LogP contribution < -0.4 is 0 Å². The zero-order chi connectivity index (χ0) is 17.3. The molecule has 6 heteroatoms. The number of carboxylic acids is 1. The molecule has 0 fully saturated rings. The number of benzene rings is 2. The summed E-state index contributed by atoms with van der Waals surface area (Å²) in [6.45, 7) is 0. The number of rotatable bonds is 4. The molecule has 24 heavy (non-hydrogen) atoms. The first-order valence-electron chi connectivity index (χ1n) is 6.91.